The molecule has 1 N–H and O–H groups in total. The quantitative estimate of drug-likeness (QED) is 0.913. The van der Waals surface area contributed by atoms with Crippen LogP contribution in [0.25, 0.3) is 0 Å². The maximum Gasteiger partial charge on any atom is 0.0866 e. The summed E-state index contributed by atoms with van der Waals surface area (Å²) < 4.78 is 3.70. The molecule has 0 aromatic carbocycles. The van der Waals surface area contributed by atoms with Gasteiger partial charge in [-0.05, 0) is 13.0 Å². The topological polar surface area (TPSA) is 47.7 Å². The van der Waals surface area contributed by atoms with E-state index < -0.39 is 0 Å². The summed E-state index contributed by atoms with van der Waals surface area (Å²) in [5, 5.41) is 12.9. The number of halogens is 1. The average molecular weight is 282 g/mol. The lowest BCUT2D eigenvalue weighted by Crippen LogP contribution is -2.22. The molecule has 2 heterocycles. The van der Waals surface area contributed by atoms with Crippen LogP contribution < -0.4 is 5.32 Å². The Morgan fingerprint density at radius 3 is 2.68 bits per heavy atom. The normalized spacial score (nSPS) is 11.5. The van der Waals surface area contributed by atoms with Gasteiger partial charge in [-0.1, -0.05) is 25.4 Å². The van der Waals surface area contributed by atoms with Crippen LogP contribution in [0.15, 0.2) is 12.3 Å². The van der Waals surface area contributed by atoms with Gasteiger partial charge in [0.05, 0.1) is 28.6 Å². The van der Waals surface area contributed by atoms with Crippen molar-refractivity contribution in [1.29, 1.82) is 0 Å². The summed E-state index contributed by atoms with van der Waals surface area (Å²) in [6.45, 7) is 7.57. The minimum Gasteiger partial charge on any atom is -0.309 e. The Balaban J connectivity index is 2.07. The molecule has 2 rings (SSSR count). The summed E-state index contributed by atoms with van der Waals surface area (Å²) >= 11 is 6.24. The van der Waals surface area contributed by atoms with Gasteiger partial charge in [-0.2, -0.15) is 10.2 Å². The Morgan fingerprint density at radius 1 is 1.37 bits per heavy atom. The first-order valence-electron chi connectivity index (χ1n) is 6.41. The molecule has 0 aliphatic carbocycles. The zero-order valence-corrected chi connectivity index (χ0v) is 12.6. The van der Waals surface area contributed by atoms with Crippen molar-refractivity contribution < 1.29 is 0 Å². The third-order valence-corrected chi connectivity index (χ3v) is 3.45. The fraction of sp³-hybridized carbons (Fsp3) is 0.538. The van der Waals surface area contributed by atoms with Crippen molar-refractivity contribution >= 4 is 11.6 Å². The largest absolute Gasteiger partial charge is 0.309 e. The molecule has 0 aliphatic rings. The maximum absolute atomic E-state index is 6.24. The van der Waals surface area contributed by atoms with Gasteiger partial charge in [-0.3, -0.25) is 9.36 Å². The van der Waals surface area contributed by atoms with Crippen molar-refractivity contribution in [2.75, 3.05) is 0 Å². The molecule has 0 aliphatic heterocycles. The van der Waals surface area contributed by atoms with Gasteiger partial charge in [-0.15, -0.1) is 0 Å². The molecule has 2 aromatic rings. The molecule has 0 atom stereocenters. The first kappa shape index (κ1) is 14.1. The van der Waals surface area contributed by atoms with E-state index in [1.807, 2.05) is 35.6 Å². The fourth-order valence-corrected chi connectivity index (χ4v) is 2.12. The number of aromatic nitrogens is 4. The van der Waals surface area contributed by atoms with Gasteiger partial charge in [-0.25, -0.2) is 0 Å². The van der Waals surface area contributed by atoms with Crippen LogP contribution in [0.3, 0.4) is 0 Å². The van der Waals surface area contributed by atoms with Gasteiger partial charge in [0.1, 0.15) is 0 Å². The van der Waals surface area contributed by atoms with E-state index in [0.29, 0.717) is 12.6 Å². The van der Waals surface area contributed by atoms with Crippen molar-refractivity contribution in [1.82, 2.24) is 24.9 Å². The van der Waals surface area contributed by atoms with Crippen molar-refractivity contribution in [3.63, 3.8) is 0 Å². The molecule has 0 saturated carbocycles. The van der Waals surface area contributed by atoms with Gasteiger partial charge in [0.2, 0.25) is 0 Å². The van der Waals surface area contributed by atoms with Crippen LogP contribution in [-0.2, 0) is 20.1 Å². The Bertz CT molecular complexity index is 555. The highest BCUT2D eigenvalue weighted by Crippen LogP contribution is 2.20. The molecule has 0 radical (unpaired) electrons. The number of aryl methyl sites for hydroxylation is 2. The second kappa shape index (κ2) is 5.75. The molecule has 0 unspecified atom stereocenters. The van der Waals surface area contributed by atoms with E-state index in [9.17, 15) is 0 Å². The lowest BCUT2D eigenvalue weighted by atomic mass is 10.3. The van der Waals surface area contributed by atoms with Gasteiger partial charge >= 0.3 is 0 Å². The predicted octanol–water partition coefficient (Wildman–Crippen LogP) is 2.12. The van der Waals surface area contributed by atoms with Gasteiger partial charge < -0.3 is 5.32 Å². The maximum atomic E-state index is 6.24. The Morgan fingerprint density at radius 2 is 2.11 bits per heavy atom. The number of nitrogens with one attached hydrogen (secondary N) is 1. The van der Waals surface area contributed by atoms with Crippen LogP contribution in [-0.4, -0.2) is 25.6 Å². The molecule has 104 valence electrons. The Hall–Kier alpha value is -1.33. The average Bonchev–Trinajstić information content (AvgIpc) is 2.88. The summed E-state index contributed by atoms with van der Waals surface area (Å²) in [5.41, 5.74) is 2.86. The first-order valence-corrected chi connectivity index (χ1v) is 6.79. The van der Waals surface area contributed by atoms with Crippen molar-refractivity contribution in [2.45, 2.75) is 39.9 Å². The molecule has 5 nitrogen and oxygen atoms in total. The highest BCUT2D eigenvalue weighted by atomic mass is 35.5. The van der Waals surface area contributed by atoms with Crippen LogP contribution in [0.5, 0.6) is 0 Å². The van der Waals surface area contributed by atoms with Gasteiger partial charge in [0.15, 0.2) is 0 Å². The van der Waals surface area contributed by atoms with Crippen LogP contribution in [0.4, 0.5) is 0 Å². The first-order chi connectivity index (χ1) is 8.97. The molecule has 0 saturated heterocycles. The fourth-order valence-electron chi connectivity index (χ4n) is 1.90. The standard InChI is InChI=1S/C13H20ClN5/c1-9(2)15-7-11-5-6-19(17-11)8-12-13(14)10(3)16-18(12)4/h5-6,9,15H,7-8H2,1-4H3. The number of hydrogen-bond acceptors (Lipinski definition) is 3. The van der Waals surface area contributed by atoms with Gasteiger partial charge in [0.25, 0.3) is 0 Å². The molecule has 6 heteroatoms. The molecular formula is C13H20ClN5. The molecular weight excluding hydrogens is 262 g/mol. The van der Waals surface area contributed by atoms with E-state index in [-0.39, 0.29) is 0 Å². The van der Waals surface area contributed by atoms with Crippen LogP contribution in [0.2, 0.25) is 5.02 Å². The smallest absolute Gasteiger partial charge is 0.0866 e. The molecule has 0 fully saturated rings. The van der Waals surface area contributed by atoms with Gasteiger partial charge in [0, 0.05) is 25.8 Å². The minimum atomic E-state index is 0.458. The second-order valence-corrected chi connectivity index (χ2v) is 5.39. The zero-order valence-electron chi connectivity index (χ0n) is 11.8. The van der Waals surface area contributed by atoms with Crippen LogP contribution in [0, 0.1) is 6.92 Å². The number of rotatable bonds is 5. The lowest BCUT2D eigenvalue weighted by Gasteiger charge is -2.06. The lowest BCUT2D eigenvalue weighted by molar-refractivity contribution is 0.564. The zero-order chi connectivity index (χ0) is 14.0. The number of hydrogen-bond donors (Lipinski definition) is 1. The van der Waals surface area contributed by atoms with E-state index in [0.717, 1.165) is 28.6 Å². The molecule has 0 bridgehead atoms. The van der Waals surface area contributed by atoms with E-state index in [1.165, 1.54) is 0 Å². The van der Waals surface area contributed by atoms with E-state index in [2.05, 4.69) is 29.4 Å². The Kier molecular flexibility index (Phi) is 4.27. The molecule has 19 heavy (non-hydrogen) atoms. The summed E-state index contributed by atoms with van der Waals surface area (Å²) in [6.07, 6.45) is 1.97. The molecule has 0 spiro atoms. The second-order valence-electron chi connectivity index (χ2n) is 5.01. The van der Waals surface area contributed by atoms with Crippen molar-refractivity contribution in [3.8, 4) is 0 Å². The summed E-state index contributed by atoms with van der Waals surface area (Å²) in [6, 6.07) is 2.48. The SMILES string of the molecule is Cc1nn(C)c(Cn2ccc(CNC(C)C)n2)c1Cl. The van der Waals surface area contributed by atoms with Crippen molar-refractivity contribution in [3.05, 3.63) is 34.4 Å². The summed E-state index contributed by atoms with van der Waals surface area (Å²) in [5.74, 6) is 0. The van der Waals surface area contributed by atoms with E-state index in [4.69, 9.17) is 11.6 Å². The summed E-state index contributed by atoms with van der Waals surface area (Å²) in [7, 11) is 1.90. The third-order valence-electron chi connectivity index (χ3n) is 2.96. The Labute approximate surface area is 118 Å². The molecule has 2 aromatic heterocycles. The highest BCUT2D eigenvalue weighted by Gasteiger charge is 2.12. The highest BCUT2D eigenvalue weighted by molar-refractivity contribution is 6.31. The van der Waals surface area contributed by atoms with Crippen LogP contribution >= 0.6 is 11.6 Å². The molecule has 0 amide bonds. The monoisotopic (exact) mass is 281 g/mol. The van der Waals surface area contributed by atoms with Crippen molar-refractivity contribution in [2.24, 2.45) is 7.05 Å². The minimum absolute atomic E-state index is 0.458. The van der Waals surface area contributed by atoms with Crippen LogP contribution in [0.1, 0.15) is 30.9 Å². The van der Waals surface area contributed by atoms with E-state index >= 15 is 0 Å². The van der Waals surface area contributed by atoms with E-state index in [1.54, 1.807) is 0 Å². The summed E-state index contributed by atoms with van der Waals surface area (Å²) in [4.78, 5) is 0. The third kappa shape index (κ3) is 3.36. The predicted molar refractivity (Wildman–Crippen MR) is 76.3 cm³/mol. The number of nitrogens with zero attached hydrogens (tertiary/aromatic N) is 4.